The highest BCUT2D eigenvalue weighted by atomic mass is 28.4. The van der Waals surface area contributed by atoms with Gasteiger partial charge in [0.2, 0.25) is 0 Å². The van der Waals surface area contributed by atoms with Crippen LogP contribution in [0.2, 0.25) is 5.04 Å². The van der Waals surface area contributed by atoms with Crippen molar-refractivity contribution in [1.82, 2.24) is 4.90 Å². The van der Waals surface area contributed by atoms with Gasteiger partial charge in [0.05, 0.1) is 5.54 Å². The van der Waals surface area contributed by atoms with Gasteiger partial charge in [-0.3, -0.25) is 4.90 Å². The van der Waals surface area contributed by atoms with Gasteiger partial charge < -0.3 is 9.16 Å². The third kappa shape index (κ3) is 3.40. The number of ether oxygens (including phenoxy) is 1. The lowest BCUT2D eigenvalue weighted by molar-refractivity contribution is 0.0413. The van der Waals surface area contributed by atoms with Crippen LogP contribution in [-0.4, -0.2) is 44.1 Å². The summed E-state index contributed by atoms with van der Waals surface area (Å²) in [5.74, 6) is 0. The minimum absolute atomic E-state index is 0.0459. The van der Waals surface area contributed by atoms with Crippen LogP contribution < -0.4 is 10.4 Å². The zero-order chi connectivity index (χ0) is 20.7. The van der Waals surface area contributed by atoms with Gasteiger partial charge in [-0.05, 0) is 35.2 Å². The van der Waals surface area contributed by atoms with Crippen molar-refractivity contribution in [3.63, 3.8) is 0 Å². The fraction of sp³-hybridized carbons (Fsp3) is 0.458. The number of fused-ring (bicyclic) bond motifs is 1. The smallest absolute Gasteiger partial charge is 0.410 e. The summed E-state index contributed by atoms with van der Waals surface area (Å²) in [5, 5.41) is 2.55. The first-order chi connectivity index (χ1) is 13.8. The molecule has 5 heteroatoms. The molecule has 0 radical (unpaired) electrons. The fourth-order valence-electron chi connectivity index (χ4n) is 5.03. The number of amides is 1. The van der Waals surface area contributed by atoms with Gasteiger partial charge in [0.25, 0.3) is 8.32 Å². The maximum absolute atomic E-state index is 12.1. The van der Waals surface area contributed by atoms with Crippen molar-refractivity contribution in [1.29, 1.82) is 0 Å². The van der Waals surface area contributed by atoms with Gasteiger partial charge in [-0.2, -0.15) is 0 Å². The molecule has 2 heterocycles. The summed E-state index contributed by atoms with van der Waals surface area (Å²) in [7, 11) is -2.57. The molecule has 0 bridgehead atoms. The number of rotatable bonds is 4. The maximum Gasteiger partial charge on any atom is 0.410 e. The number of hydrogen-bond acceptors (Lipinski definition) is 3. The summed E-state index contributed by atoms with van der Waals surface area (Å²) in [6.45, 7) is 10.2. The van der Waals surface area contributed by atoms with Crippen LogP contribution in [0, 0.1) is 0 Å². The number of cyclic esters (lactones) is 1. The van der Waals surface area contributed by atoms with Gasteiger partial charge in [0.15, 0.2) is 0 Å². The van der Waals surface area contributed by atoms with Gasteiger partial charge in [0, 0.05) is 12.6 Å². The first-order valence-electron chi connectivity index (χ1n) is 10.5. The van der Waals surface area contributed by atoms with E-state index in [4.69, 9.17) is 9.16 Å². The number of hydrogen-bond donors (Lipinski definition) is 0. The van der Waals surface area contributed by atoms with E-state index in [2.05, 4.69) is 88.4 Å². The first-order valence-corrected chi connectivity index (χ1v) is 12.4. The van der Waals surface area contributed by atoms with Crippen LogP contribution in [0.5, 0.6) is 0 Å². The SMILES string of the molecule is CC12COC(=O)N1CCC(O[Si](c1ccccc1)(c1ccccc1)C(C)(C)C)C2. The van der Waals surface area contributed by atoms with Crippen molar-refractivity contribution < 1.29 is 14.0 Å². The third-order valence-corrected chi connectivity index (χ3v) is 11.6. The third-order valence-electron chi connectivity index (χ3n) is 6.48. The Morgan fingerprint density at radius 2 is 1.59 bits per heavy atom. The topological polar surface area (TPSA) is 38.8 Å². The second kappa shape index (κ2) is 7.29. The van der Waals surface area contributed by atoms with Crippen LogP contribution in [0.25, 0.3) is 0 Å². The Hall–Kier alpha value is -2.11. The highest BCUT2D eigenvalue weighted by Gasteiger charge is 2.54. The van der Waals surface area contributed by atoms with Crippen LogP contribution in [0.4, 0.5) is 4.79 Å². The Bertz CT molecular complexity index is 825. The number of carbonyl (C=O) groups excluding carboxylic acids is 1. The maximum atomic E-state index is 12.1. The first kappa shape index (κ1) is 20.2. The Kier molecular flexibility index (Phi) is 5.07. The summed E-state index contributed by atoms with van der Waals surface area (Å²) in [6.07, 6.45) is 1.56. The minimum Gasteiger partial charge on any atom is -0.447 e. The molecule has 2 unspecified atom stereocenters. The van der Waals surface area contributed by atoms with Crippen molar-refractivity contribution >= 4 is 24.8 Å². The predicted molar refractivity (Wildman–Crippen MR) is 118 cm³/mol. The molecule has 2 saturated heterocycles. The Morgan fingerprint density at radius 3 is 2.10 bits per heavy atom. The van der Waals surface area contributed by atoms with E-state index in [1.807, 2.05) is 4.90 Å². The zero-order valence-corrected chi connectivity index (χ0v) is 18.9. The second-order valence-corrected chi connectivity index (χ2v) is 13.9. The van der Waals surface area contributed by atoms with E-state index >= 15 is 0 Å². The molecular formula is C24H31NO3Si. The predicted octanol–water partition coefficient (Wildman–Crippen LogP) is 3.94. The lowest BCUT2D eigenvalue weighted by Gasteiger charge is -2.48. The largest absolute Gasteiger partial charge is 0.447 e. The molecule has 0 N–H and O–H groups in total. The molecule has 2 aliphatic rings. The van der Waals surface area contributed by atoms with Crippen LogP contribution in [0.15, 0.2) is 60.7 Å². The lowest BCUT2D eigenvalue weighted by atomic mass is 9.89. The Labute approximate surface area is 175 Å². The Balaban J connectivity index is 1.76. The van der Waals surface area contributed by atoms with E-state index in [-0.39, 0.29) is 22.8 Å². The quantitative estimate of drug-likeness (QED) is 0.718. The average molecular weight is 410 g/mol. The number of nitrogens with zero attached hydrogens (tertiary/aromatic N) is 1. The standard InChI is InChI=1S/C24H31NO3Si/c1-23(2,3)29(20-11-7-5-8-12-20,21-13-9-6-10-14-21)28-19-15-16-25-22(26)27-18-24(25,4)17-19/h5-14,19H,15-18H2,1-4H3. The molecule has 2 aliphatic heterocycles. The summed E-state index contributed by atoms with van der Waals surface area (Å²) < 4.78 is 12.6. The molecule has 154 valence electrons. The molecule has 2 fully saturated rings. The molecule has 1 amide bonds. The lowest BCUT2D eigenvalue weighted by Crippen LogP contribution is -2.68. The highest BCUT2D eigenvalue weighted by Crippen LogP contribution is 2.41. The van der Waals surface area contributed by atoms with Gasteiger partial charge in [-0.1, -0.05) is 81.4 Å². The monoisotopic (exact) mass is 409 g/mol. The number of carbonyl (C=O) groups is 1. The van der Waals surface area contributed by atoms with Crippen LogP contribution in [0.1, 0.15) is 40.5 Å². The van der Waals surface area contributed by atoms with E-state index in [9.17, 15) is 4.79 Å². The van der Waals surface area contributed by atoms with E-state index < -0.39 is 8.32 Å². The Morgan fingerprint density at radius 1 is 1.03 bits per heavy atom. The number of piperidine rings is 1. The molecule has 2 aromatic rings. The van der Waals surface area contributed by atoms with E-state index in [0.717, 1.165) is 12.8 Å². The fourth-order valence-corrected chi connectivity index (χ4v) is 9.75. The van der Waals surface area contributed by atoms with Crippen LogP contribution in [0.3, 0.4) is 0 Å². The molecule has 0 saturated carbocycles. The molecule has 2 atom stereocenters. The molecular weight excluding hydrogens is 378 g/mol. The van der Waals surface area contributed by atoms with E-state index in [0.29, 0.717) is 13.2 Å². The highest BCUT2D eigenvalue weighted by molar-refractivity contribution is 6.99. The van der Waals surface area contributed by atoms with Crippen molar-refractivity contribution in [2.24, 2.45) is 0 Å². The molecule has 0 aliphatic carbocycles. The molecule has 4 rings (SSSR count). The molecule has 2 aromatic carbocycles. The van der Waals surface area contributed by atoms with E-state index in [1.165, 1.54) is 10.4 Å². The summed E-state index contributed by atoms with van der Waals surface area (Å²) in [5.41, 5.74) is -0.272. The second-order valence-electron chi connectivity index (χ2n) is 9.60. The van der Waals surface area contributed by atoms with Crippen molar-refractivity contribution in [3.8, 4) is 0 Å². The van der Waals surface area contributed by atoms with Crippen LogP contribution in [-0.2, 0) is 9.16 Å². The molecule has 4 nitrogen and oxygen atoms in total. The minimum atomic E-state index is -2.57. The zero-order valence-electron chi connectivity index (χ0n) is 17.9. The summed E-state index contributed by atoms with van der Waals surface area (Å²) in [6, 6.07) is 21.5. The summed E-state index contributed by atoms with van der Waals surface area (Å²) >= 11 is 0. The van der Waals surface area contributed by atoms with Gasteiger partial charge in [0.1, 0.15) is 6.61 Å². The van der Waals surface area contributed by atoms with Gasteiger partial charge in [-0.25, -0.2) is 4.79 Å². The normalized spacial score (nSPS) is 24.9. The van der Waals surface area contributed by atoms with Crippen molar-refractivity contribution in [3.05, 3.63) is 60.7 Å². The molecule has 0 spiro atoms. The van der Waals surface area contributed by atoms with Crippen LogP contribution >= 0.6 is 0 Å². The van der Waals surface area contributed by atoms with Crippen molar-refractivity contribution in [2.45, 2.75) is 57.2 Å². The van der Waals surface area contributed by atoms with Gasteiger partial charge >= 0.3 is 6.09 Å². The number of benzene rings is 2. The summed E-state index contributed by atoms with van der Waals surface area (Å²) in [4.78, 5) is 14.0. The average Bonchev–Trinajstić information content (AvgIpc) is 3.00. The molecule has 0 aromatic heterocycles. The van der Waals surface area contributed by atoms with Crippen molar-refractivity contribution in [2.75, 3.05) is 13.2 Å². The van der Waals surface area contributed by atoms with E-state index in [1.54, 1.807) is 0 Å². The molecule has 29 heavy (non-hydrogen) atoms. The van der Waals surface area contributed by atoms with Gasteiger partial charge in [-0.15, -0.1) is 0 Å².